The lowest BCUT2D eigenvalue weighted by Crippen LogP contribution is -1.78. The average Bonchev–Trinajstić information content (AvgIpc) is 2.92. The molecule has 0 fully saturated rings. The molecule has 4 nitrogen and oxygen atoms in total. The molecule has 0 N–H and O–H groups in total. The molecule has 5 heteroatoms. The molecule has 17 heavy (non-hydrogen) atoms. The fourth-order valence-corrected chi connectivity index (χ4v) is 2.27. The maximum atomic E-state index is 8.74. The zero-order valence-electron chi connectivity index (χ0n) is 8.97. The Labute approximate surface area is 101 Å². The van der Waals surface area contributed by atoms with Crippen molar-refractivity contribution in [2.45, 2.75) is 6.92 Å². The topological polar surface area (TPSA) is 62.7 Å². The Kier molecular flexibility index (Phi) is 2.16. The molecule has 1 aromatic carbocycles. The van der Waals surface area contributed by atoms with E-state index in [9.17, 15) is 0 Å². The van der Waals surface area contributed by atoms with Crippen molar-refractivity contribution in [3.63, 3.8) is 0 Å². The molecular formula is C12H7N3OS. The van der Waals surface area contributed by atoms with E-state index in [2.05, 4.69) is 9.97 Å². The number of nitriles is 1. The summed E-state index contributed by atoms with van der Waals surface area (Å²) in [7, 11) is 0. The first kappa shape index (κ1) is 10.00. The van der Waals surface area contributed by atoms with E-state index in [1.807, 2.05) is 36.6 Å². The van der Waals surface area contributed by atoms with Crippen LogP contribution in [0.2, 0.25) is 0 Å². The number of aryl methyl sites for hydroxylation is 1. The maximum Gasteiger partial charge on any atom is 0.194 e. The molecule has 0 unspecified atom stereocenters. The summed E-state index contributed by atoms with van der Waals surface area (Å²) < 4.78 is 5.46. The number of benzene rings is 1. The van der Waals surface area contributed by atoms with Crippen molar-refractivity contribution in [3.8, 4) is 17.3 Å². The Hall–Kier alpha value is -2.19. The lowest BCUT2D eigenvalue weighted by atomic mass is 10.1. The van der Waals surface area contributed by atoms with E-state index in [0.717, 1.165) is 22.4 Å². The van der Waals surface area contributed by atoms with Crippen molar-refractivity contribution >= 4 is 22.4 Å². The molecule has 82 valence electrons. The molecule has 0 spiro atoms. The summed E-state index contributed by atoms with van der Waals surface area (Å²) in [5.74, 6) is 0.646. The molecule has 0 aliphatic rings. The summed E-state index contributed by atoms with van der Waals surface area (Å²) in [5, 5.41) is 11.1. The van der Waals surface area contributed by atoms with Gasteiger partial charge in [0, 0.05) is 17.9 Å². The summed E-state index contributed by atoms with van der Waals surface area (Å²) in [6, 6.07) is 7.75. The van der Waals surface area contributed by atoms with Crippen LogP contribution in [0, 0.1) is 18.3 Å². The van der Waals surface area contributed by atoms with Gasteiger partial charge in [-0.1, -0.05) is 6.07 Å². The highest BCUT2D eigenvalue weighted by atomic mass is 32.1. The van der Waals surface area contributed by atoms with E-state index in [-0.39, 0.29) is 0 Å². The zero-order valence-corrected chi connectivity index (χ0v) is 9.78. The van der Waals surface area contributed by atoms with Crippen molar-refractivity contribution in [2.75, 3.05) is 0 Å². The fraction of sp³-hybridized carbons (Fsp3) is 0.0833. The van der Waals surface area contributed by atoms with Gasteiger partial charge in [0.05, 0.1) is 5.69 Å². The number of hydrogen-bond donors (Lipinski definition) is 0. The maximum absolute atomic E-state index is 8.74. The standard InChI is InChI=1S/C12H7N3OS/c1-7-14-9-3-2-8(4-11(9)16-7)10-6-17-12(5-13)15-10/h2-4,6H,1H3. The van der Waals surface area contributed by atoms with Gasteiger partial charge in [-0.15, -0.1) is 11.3 Å². The SMILES string of the molecule is Cc1nc2ccc(-c3csc(C#N)n3)cc2o1. The molecule has 0 aliphatic carbocycles. The Balaban J connectivity index is 2.14. The van der Waals surface area contributed by atoms with E-state index < -0.39 is 0 Å². The number of aromatic nitrogens is 2. The smallest absolute Gasteiger partial charge is 0.194 e. The Bertz CT molecular complexity index is 736. The summed E-state index contributed by atoms with van der Waals surface area (Å²) in [6.45, 7) is 1.82. The molecule has 3 rings (SSSR count). The van der Waals surface area contributed by atoms with Crippen LogP contribution in [-0.4, -0.2) is 9.97 Å². The summed E-state index contributed by atoms with van der Waals surface area (Å²) >= 11 is 1.34. The third kappa shape index (κ3) is 1.69. The van der Waals surface area contributed by atoms with Gasteiger partial charge < -0.3 is 4.42 Å². The second-order valence-corrected chi connectivity index (χ2v) is 4.42. The first-order valence-corrected chi connectivity index (χ1v) is 5.87. The van der Waals surface area contributed by atoms with Crippen LogP contribution in [0.5, 0.6) is 0 Å². The largest absolute Gasteiger partial charge is 0.441 e. The first-order valence-electron chi connectivity index (χ1n) is 4.99. The number of fused-ring (bicyclic) bond motifs is 1. The molecule has 0 aliphatic heterocycles. The van der Waals surface area contributed by atoms with Gasteiger partial charge in [0.25, 0.3) is 0 Å². The molecule has 0 bridgehead atoms. The predicted molar refractivity (Wildman–Crippen MR) is 64.6 cm³/mol. The normalized spacial score (nSPS) is 10.6. The highest BCUT2D eigenvalue weighted by Gasteiger charge is 2.07. The third-order valence-corrected chi connectivity index (χ3v) is 3.14. The van der Waals surface area contributed by atoms with Crippen LogP contribution in [-0.2, 0) is 0 Å². The van der Waals surface area contributed by atoms with Crippen molar-refractivity contribution in [1.29, 1.82) is 5.26 Å². The van der Waals surface area contributed by atoms with E-state index in [4.69, 9.17) is 9.68 Å². The minimum atomic E-state index is 0.467. The van der Waals surface area contributed by atoms with Crippen LogP contribution < -0.4 is 0 Å². The van der Waals surface area contributed by atoms with Crippen LogP contribution >= 0.6 is 11.3 Å². The lowest BCUT2D eigenvalue weighted by molar-refractivity contribution is 0.561. The van der Waals surface area contributed by atoms with Gasteiger partial charge in [0.15, 0.2) is 16.5 Å². The highest BCUT2D eigenvalue weighted by Crippen LogP contribution is 2.25. The second kappa shape index (κ2) is 3.68. The Morgan fingerprint density at radius 3 is 3.00 bits per heavy atom. The van der Waals surface area contributed by atoms with E-state index in [1.54, 1.807) is 0 Å². The number of nitrogens with zero attached hydrogens (tertiary/aromatic N) is 3. The van der Waals surface area contributed by atoms with Gasteiger partial charge in [0.2, 0.25) is 0 Å². The molecule has 0 saturated carbocycles. The van der Waals surface area contributed by atoms with Gasteiger partial charge in [-0.25, -0.2) is 9.97 Å². The van der Waals surface area contributed by atoms with Crippen molar-refractivity contribution in [1.82, 2.24) is 9.97 Å². The van der Waals surface area contributed by atoms with Gasteiger partial charge in [0.1, 0.15) is 11.6 Å². The zero-order chi connectivity index (χ0) is 11.8. The monoisotopic (exact) mass is 241 g/mol. The van der Waals surface area contributed by atoms with Gasteiger partial charge in [-0.05, 0) is 12.1 Å². The number of thiazole rings is 1. The minimum Gasteiger partial charge on any atom is -0.441 e. The van der Waals surface area contributed by atoms with Crippen LogP contribution in [0.1, 0.15) is 10.9 Å². The fourth-order valence-electron chi connectivity index (χ4n) is 1.66. The molecule has 2 heterocycles. The summed E-state index contributed by atoms with van der Waals surface area (Å²) in [6.07, 6.45) is 0. The number of hydrogen-bond acceptors (Lipinski definition) is 5. The molecule has 0 saturated heterocycles. The summed E-state index contributed by atoms with van der Waals surface area (Å²) in [5.41, 5.74) is 3.31. The van der Waals surface area contributed by atoms with Crippen LogP contribution in [0.3, 0.4) is 0 Å². The predicted octanol–water partition coefficient (Wildman–Crippen LogP) is 3.13. The molecule has 2 aromatic heterocycles. The average molecular weight is 241 g/mol. The quantitative estimate of drug-likeness (QED) is 0.656. The third-order valence-electron chi connectivity index (χ3n) is 2.39. The van der Waals surface area contributed by atoms with Crippen molar-refractivity contribution < 1.29 is 4.42 Å². The van der Waals surface area contributed by atoms with Crippen LogP contribution in [0.15, 0.2) is 28.0 Å². The highest BCUT2D eigenvalue weighted by molar-refractivity contribution is 7.10. The Morgan fingerprint density at radius 1 is 1.35 bits per heavy atom. The number of rotatable bonds is 1. The molecule has 0 atom stereocenters. The first-order chi connectivity index (χ1) is 8.26. The van der Waals surface area contributed by atoms with Crippen molar-refractivity contribution in [3.05, 3.63) is 34.5 Å². The van der Waals surface area contributed by atoms with Crippen molar-refractivity contribution in [2.24, 2.45) is 0 Å². The summed E-state index contributed by atoms with van der Waals surface area (Å²) in [4.78, 5) is 8.44. The second-order valence-electron chi connectivity index (χ2n) is 3.57. The molecule has 3 aromatic rings. The minimum absolute atomic E-state index is 0.467. The molecular weight excluding hydrogens is 234 g/mol. The van der Waals surface area contributed by atoms with Gasteiger partial charge >= 0.3 is 0 Å². The van der Waals surface area contributed by atoms with E-state index >= 15 is 0 Å². The van der Waals surface area contributed by atoms with E-state index in [0.29, 0.717) is 10.9 Å². The van der Waals surface area contributed by atoms with Crippen LogP contribution in [0.25, 0.3) is 22.4 Å². The lowest BCUT2D eigenvalue weighted by Gasteiger charge is -1.94. The molecule has 0 amide bonds. The molecule has 0 radical (unpaired) electrons. The van der Waals surface area contributed by atoms with E-state index in [1.165, 1.54) is 11.3 Å². The Morgan fingerprint density at radius 2 is 2.24 bits per heavy atom. The van der Waals surface area contributed by atoms with Gasteiger partial charge in [-0.2, -0.15) is 5.26 Å². The van der Waals surface area contributed by atoms with Crippen LogP contribution in [0.4, 0.5) is 0 Å². The van der Waals surface area contributed by atoms with Gasteiger partial charge in [-0.3, -0.25) is 0 Å². The number of oxazole rings is 1.